The van der Waals surface area contributed by atoms with Gasteiger partial charge in [-0.2, -0.15) is 5.26 Å². The Bertz CT molecular complexity index is 705. The van der Waals surface area contributed by atoms with E-state index in [4.69, 9.17) is 10.00 Å². The summed E-state index contributed by atoms with van der Waals surface area (Å²) in [5, 5.41) is 8.91. The lowest BCUT2D eigenvalue weighted by atomic mass is 9.91. The number of likely N-dealkylation sites (N-methyl/N-ethyl adjacent to an activating group) is 1. The number of nitrogens with zero attached hydrogens (tertiary/aromatic N) is 3. The highest BCUT2D eigenvalue weighted by Crippen LogP contribution is 2.49. The van der Waals surface area contributed by atoms with E-state index in [2.05, 4.69) is 11.0 Å². The topological polar surface area (TPSA) is 56.6 Å². The monoisotopic (exact) mass is 339 g/mol. The second-order valence-corrected chi connectivity index (χ2v) is 7.88. The van der Waals surface area contributed by atoms with Crippen LogP contribution >= 0.6 is 0 Å². The van der Waals surface area contributed by atoms with E-state index in [0.29, 0.717) is 5.56 Å². The lowest BCUT2D eigenvalue weighted by molar-refractivity contribution is -0.190. The highest BCUT2D eigenvalue weighted by Gasteiger charge is 2.60. The fraction of sp³-hybridized carbons (Fsp3) is 0.600. The summed E-state index contributed by atoms with van der Waals surface area (Å²) in [6.07, 6.45) is 4.85. The number of rotatable bonds is 2. The van der Waals surface area contributed by atoms with Gasteiger partial charge in [-0.05, 0) is 56.3 Å². The van der Waals surface area contributed by atoms with E-state index in [1.165, 1.54) is 5.56 Å². The Morgan fingerprint density at radius 3 is 2.60 bits per heavy atom. The molecule has 1 aliphatic carbocycles. The van der Waals surface area contributed by atoms with E-state index in [1.807, 2.05) is 36.2 Å². The largest absolute Gasteiger partial charge is 0.357 e. The second kappa shape index (κ2) is 6.12. The molecule has 5 nitrogen and oxygen atoms in total. The third-order valence-electron chi connectivity index (χ3n) is 5.86. The van der Waals surface area contributed by atoms with Crippen LogP contribution in [0.4, 0.5) is 0 Å². The van der Waals surface area contributed by atoms with Gasteiger partial charge in [0.2, 0.25) is 0 Å². The molecule has 0 aromatic heterocycles. The van der Waals surface area contributed by atoms with Gasteiger partial charge in [0, 0.05) is 26.7 Å². The molecule has 1 saturated carbocycles. The zero-order valence-corrected chi connectivity index (χ0v) is 14.8. The van der Waals surface area contributed by atoms with Gasteiger partial charge in [0.1, 0.15) is 5.60 Å². The molecule has 1 atom stereocenters. The number of ether oxygens (including phenoxy) is 1. The predicted octanol–water partition coefficient (Wildman–Crippen LogP) is 2.30. The molecular weight excluding hydrogens is 314 g/mol. The SMILES string of the molecule is CN1CC2(CCCN(Cc3ccc(C#N)cc3)CC2)OC2(CC2)C1=O. The highest BCUT2D eigenvalue weighted by atomic mass is 16.5. The number of amides is 1. The van der Waals surface area contributed by atoms with Crippen molar-refractivity contribution in [2.24, 2.45) is 0 Å². The Morgan fingerprint density at radius 1 is 1.16 bits per heavy atom. The summed E-state index contributed by atoms with van der Waals surface area (Å²) < 4.78 is 6.45. The average Bonchev–Trinajstić information content (AvgIpc) is 3.40. The minimum absolute atomic E-state index is 0.168. The van der Waals surface area contributed by atoms with E-state index in [0.717, 1.165) is 58.3 Å². The van der Waals surface area contributed by atoms with Crippen molar-refractivity contribution in [1.82, 2.24) is 9.80 Å². The normalized spacial score (nSPS) is 28.8. The van der Waals surface area contributed by atoms with E-state index < -0.39 is 5.60 Å². The summed E-state index contributed by atoms with van der Waals surface area (Å²) in [6.45, 7) is 3.66. The third kappa shape index (κ3) is 3.17. The minimum Gasteiger partial charge on any atom is -0.357 e. The maximum absolute atomic E-state index is 12.3. The quantitative estimate of drug-likeness (QED) is 0.830. The summed E-state index contributed by atoms with van der Waals surface area (Å²) in [7, 11) is 1.92. The van der Waals surface area contributed by atoms with Gasteiger partial charge in [0.25, 0.3) is 5.91 Å². The van der Waals surface area contributed by atoms with Gasteiger partial charge in [-0.1, -0.05) is 12.1 Å². The molecule has 3 aliphatic rings. The van der Waals surface area contributed by atoms with Crippen molar-refractivity contribution in [2.45, 2.75) is 49.9 Å². The zero-order chi connectivity index (χ0) is 17.5. The number of nitriles is 1. The summed E-state index contributed by atoms with van der Waals surface area (Å²) >= 11 is 0. The Balaban J connectivity index is 1.42. The van der Waals surface area contributed by atoms with Crippen LogP contribution in [-0.2, 0) is 16.1 Å². The number of carbonyl (C=O) groups is 1. The van der Waals surface area contributed by atoms with Gasteiger partial charge in [-0.15, -0.1) is 0 Å². The fourth-order valence-corrected chi connectivity index (χ4v) is 4.36. The summed E-state index contributed by atoms with van der Waals surface area (Å²) in [6, 6.07) is 10.0. The lowest BCUT2D eigenvalue weighted by Crippen LogP contribution is -2.59. The maximum atomic E-state index is 12.3. The van der Waals surface area contributed by atoms with E-state index in [-0.39, 0.29) is 11.5 Å². The van der Waals surface area contributed by atoms with Gasteiger partial charge >= 0.3 is 0 Å². The summed E-state index contributed by atoms with van der Waals surface area (Å²) in [5.41, 5.74) is 1.29. The Morgan fingerprint density at radius 2 is 1.92 bits per heavy atom. The number of hydrogen-bond donors (Lipinski definition) is 0. The lowest BCUT2D eigenvalue weighted by Gasteiger charge is -2.45. The number of benzene rings is 1. The molecule has 2 saturated heterocycles. The van der Waals surface area contributed by atoms with Crippen LogP contribution in [0.15, 0.2) is 24.3 Å². The van der Waals surface area contributed by atoms with Crippen molar-refractivity contribution in [2.75, 3.05) is 26.7 Å². The van der Waals surface area contributed by atoms with Crippen LogP contribution in [0.2, 0.25) is 0 Å². The Kier molecular flexibility index (Phi) is 4.05. The molecule has 132 valence electrons. The van der Waals surface area contributed by atoms with Crippen molar-refractivity contribution in [3.63, 3.8) is 0 Å². The van der Waals surface area contributed by atoms with Crippen molar-refractivity contribution in [1.29, 1.82) is 5.26 Å². The molecule has 0 radical (unpaired) electrons. The first-order chi connectivity index (χ1) is 12.0. The molecule has 5 heteroatoms. The van der Waals surface area contributed by atoms with Crippen LogP contribution in [0, 0.1) is 11.3 Å². The molecular formula is C20H25N3O2. The summed E-state index contributed by atoms with van der Waals surface area (Å²) in [4.78, 5) is 16.7. The molecule has 1 aromatic carbocycles. The van der Waals surface area contributed by atoms with Crippen LogP contribution in [0.25, 0.3) is 0 Å². The van der Waals surface area contributed by atoms with Gasteiger partial charge in [0.15, 0.2) is 0 Å². The number of carbonyl (C=O) groups excluding carboxylic acids is 1. The van der Waals surface area contributed by atoms with Crippen molar-refractivity contribution in [3.05, 3.63) is 35.4 Å². The number of morpholine rings is 1. The van der Waals surface area contributed by atoms with Crippen molar-refractivity contribution >= 4 is 5.91 Å². The van der Waals surface area contributed by atoms with Gasteiger partial charge in [-0.25, -0.2) is 0 Å². The van der Waals surface area contributed by atoms with E-state index >= 15 is 0 Å². The third-order valence-corrected chi connectivity index (χ3v) is 5.86. The molecule has 2 spiro atoms. The molecule has 1 amide bonds. The van der Waals surface area contributed by atoms with Crippen LogP contribution in [0.5, 0.6) is 0 Å². The molecule has 2 aliphatic heterocycles. The van der Waals surface area contributed by atoms with E-state index in [1.54, 1.807) is 0 Å². The minimum atomic E-state index is -0.491. The maximum Gasteiger partial charge on any atom is 0.254 e. The standard InChI is InChI=1S/C20H25N3O2/c1-22-15-19(25-20(8-9-20)18(22)24)7-2-11-23(12-10-19)14-17-5-3-16(13-21)4-6-17/h3-6H,2,7-12,14-15H2,1H3. The number of hydrogen-bond acceptors (Lipinski definition) is 4. The van der Waals surface area contributed by atoms with Gasteiger partial charge < -0.3 is 9.64 Å². The first-order valence-electron chi connectivity index (χ1n) is 9.21. The molecule has 0 N–H and O–H groups in total. The van der Waals surface area contributed by atoms with Gasteiger partial charge in [0.05, 0.1) is 17.2 Å². The molecule has 4 rings (SSSR count). The van der Waals surface area contributed by atoms with Crippen molar-refractivity contribution < 1.29 is 9.53 Å². The summed E-state index contributed by atoms with van der Waals surface area (Å²) in [5.74, 6) is 0.178. The molecule has 25 heavy (non-hydrogen) atoms. The molecule has 1 aromatic rings. The Hall–Kier alpha value is -1.90. The van der Waals surface area contributed by atoms with E-state index in [9.17, 15) is 4.79 Å². The average molecular weight is 339 g/mol. The van der Waals surface area contributed by atoms with Gasteiger partial charge in [-0.3, -0.25) is 9.69 Å². The Labute approximate surface area is 149 Å². The predicted molar refractivity (Wildman–Crippen MR) is 93.7 cm³/mol. The van der Waals surface area contributed by atoms with Crippen LogP contribution < -0.4 is 0 Å². The van der Waals surface area contributed by atoms with Crippen LogP contribution in [-0.4, -0.2) is 53.6 Å². The van der Waals surface area contributed by atoms with Crippen LogP contribution in [0.3, 0.4) is 0 Å². The molecule has 3 fully saturated rings. The number of likely N-dealkylation sites (tertiary alicyclic amines) is 1. The molecule has 0 bridgehead atoms. The highest BCUT2D eigenvalue weighted by molar-refractivity contribution is 5.88. The smallest absolute Gasteiger partial charge is 0.254 e. The fourth-order valence-electron chi connectivity index (χ4n) is 4.36. The van der Waals surface area contributed by atoms with Crippen molar-refractivity contribution in [3.8, 4) is 6.07 Å². The first kappa shape index (κ1) is 16.6. The van der Waals surface area contributed by atoms with Crippen LogP contribution in [0.1, 0.15) is 43.2 Å². The molecule has 1 unspecified atom stereocenters. The second-order valence-electron chi connectivity index (χ2n) is 7.88. The zero-order valence-electron chi connectivity index (χ0n) is 14.8. The molecule has 2 heterocycles. The first-order valence-corrected chi connectivity index (χ1v) is 9.21.